The molecule has 0 radical (unpaired) electrons. The van der Waals surface area contributed by atoms with Gasteiger partial charge in [-0.3, -0.25) is 4.79 Å². The Labute approximate surface area is 236 Å². The molecule has 1 amide bonds. The van der Waals surface area contributed by atoms with E-state index in [0.29, 0.717) is 29.2 Å². The Morgan fingerprint density at radius 1 is 1.05 bits per heavy atom. The molecule has 2 aromatic heterocycles. The first kappa shape index (κ1) is 28.9. The van der Waals surface area contributed by atoms with Gasteiger partial charge in [-0.2, -0.15) is 18.2 Å². The van der Waals surface area contributed by atoms with Crippen LogP contribution in [-0.2, 0) is 16.4 Å². The topological polar surface area (TPSA) is 85.0 Å². The second-order valence-electron chi connectivity index (χ2n) is 11.7. The quantitative estimate of drug-likeness (QED) is 0.247. The highest BCUT2D eigenvalue weighted by Gasteiger charge is 2.52. The Hall–Kier alpha value is -3.63. The molecule has 0 unspecified atom stereocenters. The van der Waals surface area contributed by atoms with Gasteiger partial charge >= 0.3 is 6.18 Å². The van der Waals surface area contributed by atoms with E-state index in [2.05, 4.69) is 21.7 Å². The van der Waals surface area contributed by atoms with Gasteiger partial charge in [0.05, 0.1) is 5.83 Å². The molecule has 7 nitrogen and oxygen atoms in total. The number of allylic oxidation sites excluding steroid dienone is 1. The molecule has 3 aliphatic rings. The van der Waals surface area contributed by atoms with Crippen LogP contribution in [0.2, 0.25) is 0 Å². The minimum absolute atomic E-state index is 0.0379. The number of nitrogens with zero attached hydrogens (tertiary/aromatic N) is 5. The van der Waals surface area contributed by atoms with Crippen molar-refractivity contribution >= 4 is 11.6 Å². The van der Waals surface area contributed by atoms with Crippen LogP contribution in [0.25, 0.3) is 11.1 Å². The molecular weight excluding hydrogens is 538 g/mol. The van der Waals surface area contributed by atoms with Crippen molar-refractivity contribution in [1.82, 2.24) is 20.1 Å². The molecule has 2 bridgehead atoms. The Balaban J connectivity index is 1.39. The van der Waals surface area contributed by atoms with Gasteiger partial charge in [-0.25, -0.2) is 14.4 Å². The van der Waals surface area contributed by atoms with Crippen molar-refractivity contribution in [2.24, 2.45) is 5.41 Å². The van der Waals surface area contributed by atoms with Crippen molar-refractivity contribution in [3.63, 3.8) is 0 Å². The van der Waals surface area contributed by atoms with Crippen LogP contribution in [0, 0.1) is 5.41 Å². The van der Waals surface area contributed by atoms with Gasteiger partial charge in [0.25, 0.3) is 0 Å². The summed E-state index contributed by atoms with van der Waals surface area (Å²) >= 11 is 0. The second-order valence-corrected chi connectivity index (χ2v) is 11.7. The molecule has 3 aliphatic carbocycles. The molecular formula is C30H33F4N5O2. The van der Waals surface area contributed by atoms with Gasteiger partial charge < -0.3 is 9.42 Å². The maximum Gasteiger partial charge on any atom is 0.451 e. The van der Waals surface area contributed by atoms with Crippen LogP contribution in [0.4, 0.5) is 23.2 Å². The van der Waals surface area contributed by atoms with Crippen LogP contribution in [0.3, 0.4) is 0 Å². The molecule has 3 aromatic rings. The lowest BCUT2D eigenvalue weighted by molar-refractivity contribution is -0.145. The molecule has 3 fully saturated rings. The summed E-state index contributed by atoms with van der Waals surface area (Å²) in [5, 5.41) is 4.32. The number of rotatable bonds is 9. The van der Waals surface area contributed by atoms with Gasteiger partial charge in [0.2, 0.25) is 17.6 Å². The molecule has 0 spiro atoms. The van der Waals surface area contributed by atoms with Gasteiger partial charge in [-0.1, -0.05) is 37.7 Å². The van der Waals surface area contributed by atoms with Gasteiger partial charge in [0.15, 0.2) is 5.82 Å². The molecule has 41 heavy (non-hydrogen) atoms. The SMILES string of the molecule is C=C(F)CCC(=O)N(CC12CCC(c3noc(C(C)C)n3)(CC1)CC2)c1cccc(-c2cnc(C(F)(F)F)nc2)c1. The third kappa shape index (κ3) is 6.04. The van der Waals surface area contributed by atoms with Gasteiger partial charge in [0, 0.05) is 54.4 Å². The summed E-state index contributed by atoms with van der Waals surface area (Å²) in [5.74, 6) is -0.443. The highest BCUT2D eigenvalue weighted by molar-refractivity contribution is 5.94. The Morgan fingerprint density at radius 2 is 1.71 bits per heavy atom. The number of hydrogen-bond acceptors (Lipinski definition) is 6. The number of hydrogen-bond donors (Lipinski definition) is 0. The van der Waals surface area contributed by atoms with Crippen molar-refractivity contribution in [1.29, 1.82) is 0 Å². The molecule has 218 valence electrons. The number of alkyl halides is 3. The average Bonchev–Trinajstić information content (AvgIpc) is 3.47. The first-order valence-corrected chi connectivity index (χ1v) is 13.9. The van der Waals surface area contributed by atoms with Crippen molar-refractivity contribution in [2.75, 3.05) is 11.4 Å². The largest absolute Gasteiger partial charge is 0.451 e. The third-order valence-corrected chi connectivity index (χ3v) is 8.61. The van der Waals surface area contributed by atoms with Crippen LogP contribution in [-0.4, -0.2) is 32.6 Å². The summed E-state index contributed by atoms with van der Waals surface area (Å²) < 4.78 is 57.9. The fourth-order valence-electron chi connectivity index (χ4n) is 6.03. The third-order valence-electron chi connectivity index (χ3n) is 8.61. The molecule has 6 rings (SSSR count). The normalized spacial score (nSPS) is 22.2. The van der Waals surface area contributed by atoms with E-state index in [1.807, 2.05) is 13.8 Å². The van der Waals surface area contributed by atoms with E-state index in [0.717, 1.165) is 56.7 Å². The minimum Gasteiger partial charge on any atom is -0.339 e. The van der Waals surface area contributed by atoms with E-state index in [1.165, 1.54) is 0 Å². The fraction of sp³-hybridized carbons (Fsp3) is 0.500. The summed E-state index contributed by atoms with van der Waals surface area (Å²) in [4.78, 5) is 26.8. The number of halogens is 4. The molecule has 3 saturated carbocycles. The van der Waals surface area contributed by atoms with E-state index in [-0.39, 0.29) is 35.5 Å². The molecule has 0 N–H and O–H groups in total. The fourth-order valence-corrected chi connectivity index (χ4v) is 6.03. The number of anilines is 1. The predicted octanol–water partition coefficient (Wildman–Crippen LogP) is 7.56. The van der Waals surface area contributed by atoms with Crippen molar-refractivity contribution < 1.29 is 26.9 Å². The summed E-state index contributed by atoms with van der Waals surface area (Å²) in [7, 11) is 0. The Bertz CT molecular complexity index is 1390. The van der Waals surface area contributed by atoms with E-state index >= 15 is 0 Å². The lowest BCUT2D eigenvalue weighted by Crippen LogP contribution is -2.51. The molecule has 11 heteroatoms. The Kier molecular flexibility index (Phi) is 7.74. The van der Waals surface area contributed by atoms with Crippen LogP contribution in [0.15, 0.2) is 53.6 Å². The first-order chi connectivity index (χ1) is 19.4. The minimum atomic E-state index is -4.64. The molecule has 0 saturated heterocycles. The van der Waals surface area contributed by atoms with Crippen molar-refractivity contribution in [3.05, 3.63) is 66.6 Å². The monoisotopic (exact) mass is 571 g/mol. The lowest BCUT2D eigenvalue weighted by Gasteiger charge is -2.53. The van der Waals surface area contributed by atoms with Crippen molar-refractivity contribution in [2.45, 2.75) is 82.7 Å². The molecule has 1 aromatic carbocycles. The van der Waals surface area contributed by atoms with Crippen molar-refractivity contribution in [3.8, 4) is 11.1 Å². The first-order valence-electron chi connectivity index (χ1n) is 13.9. The number of carbonyl (C=O) groups is 1. The maximum absolute atomic E-state index is 13.5. The Morgan fingerprint density at radius 3 is 2.27 bits per heavy atom. The lowest BCUT2D eigenvalue weighted by atomic mass is 9.53. The zero-order valence-corrected chi connectivity index (χ0v) is 23.2. The van der Waals surface area contributed by atoms with E-state index in [1.54, 1.807) is 29.2 Å². The maximum atomic E-state index is 13.5. The number of carbonyl (C=O) groups excluding carboxylic acids is 1. The zero-order chi connectivity index (χ0) is 29.4. The highest BCUT2D eigenvalue weighted by atomic mass is 19.4. The highest BCUT2D eigenvalue weighted by Crippen LogP contribution is 2.57. The van der Waals surface area contributed by atoms with Gasteiger partial charge in [-0.15, -0.1) is 0 Å². The van der Waals surface area contributed by atoms with Crippen LogP contribution >= 0.6 is 0 Å². The number of fused-ring (bicyclic) bond motifs is 3. The van der Waals surface area contributed by atoms with E-state index in [4.69, 9.17) is 9.51 Å². The van der Waals surface area contributed by atoms with E-state index < -0.39 is 17.8 Å². The standard InChI is InChI=1S/C30H33F4N5O2/c1-19(2)25-37-26(38-41-25)29-12-9-28(10-13-29,11-14-29)18-39(24(40)8-7-20(3)31)23-6-4-5-21(15-23)22-16-35-27(36-17-22)30(32,33)34/h4-6,15-17,19H,3,7-14,18H2,1-2H3. The number of benzene rings is 1. The van der Waals surface area contributed by atoms with Crippen LogP contribution < -0.4 is 4.90 Å². The molecule has 0 aliphatic heterocycles. The summed E-state index contributed by atoms with van der Waals surface area (Å²) in [5.41, 5.74) is 1.31. The summed E-state index contributed by atoms with van der Waals surface area (Å²) in [6.07, 6.45) is 2.79. The number of amides is 1. The van der Waals surface area contributed by atoms with Gasteiger partial charge in [-0.05, 0) is 61.6 Å². The van der Waals surface area contributed by atoms with E-state index in [9.17, 15) is 22.4 Å². The predicted molar refractivity (Wildman–Crippen MR) is 145 cm³/mol. The summed E-state index contributed by atoms with van der Waals surface area (Å²) in [6, 6.07) is 7.00. The van der Waals surface area contributed by atoms with Crippen LogP contribution in [0.1, 0.15) is 88.7 Å². The van der Waals surface area contributed by atoms with Gasteiger partial charge in [0.1, 0.15) is 0 Å². The average molecular weight is 572 g/mol. The zero-order valence-electron chi connectivity index (χ0n) is 23.2. The molecule has 2 heterocycles. The van der Waals surface area contributed by atoms with Crippen LogP contribution in [0.5, 0.6) is 0 Å². The smallest absolute Gasteiger partial charge is 0.339 e. The summed E-state index contributed by atoms with van der Waals surface area (Å²) in [6.45, 7) is 7.78. The molecule has 0 atom stereocenters. The number of aromatic nitrogens is 4. The second kappa shape index (κ2) is 11.0.